The highest BCUT2D eigenvalue weighted by atomic mass is 16.1. The molecule has 2 heterocycles. The number of pyridine rings is 1. The van der Waals surface area contributed by atoms with Crippen molar-refractivity contribution >= 4 is 11.4 Å². The van der Waals surface area contributed by atoms with Crippen LogP contribution in [-0.2, 0) is 0 Å². The molecule has 20 heavy (non-hydrogen) atoms. The molecule has 1 saturated carbocycles. The van der Waals surface area contributed by atoms with Crippen LogP contribution in [0.15, 0.2) is 30.6 Å². The van der Waals surface area contributed by atoms with Crippen molar-refractivity contribution in [3.63, 3.8) is 0 Å². The SMILES string of the molecule is NCC1(CNC(=O)c2cnn3ccccc23)CCCC1. The second-order valence-electron chi connectivity index (χ2n) is 5.68. The van der Waals surface area contributed by atoms with Crippen LogP contribution in [0.1, 0.15) is 36.0 Å². The largest absolute Gasteiger partial charge is 0.351 e. The van der Waals surface area contributed by atoms with E-state index in [9.17, 15) is 4.79 Å². The van der Waals surface area contributed by atoms with E-state index in [0.717, 1.165) is 18.4 Å². The van der Waals surface area contributed by atoms with Crippen molar-refractivity contribution in [3.05, 3.63) is 36.2 Å². The first-order valence-corrected chi connectivity index (χ1v) is 7.15. The van der Waals surface area contributed by atoms with Crippen molar-refractivity contribution in [2.75, 3.05) is 13.1 Å². The number of carbonyl (C=O) groups is 1. The Bertz CT molecular complexity index is 613. The normalized spacial score (nSPS) is 17.4. The van der Waals surface area contributed by atoms with Crippen LogP contribution in [0.25, 0.3) is 5.52 Å². The lowest BCUT2D eigenvalue weighted by Gasteiger charge is -2.27. The number of amides is 1. The highest BCUT2D eigenvalue weighted by Gasteiger charge is 2.32. The summed E-state index contributed by atoms with van der Waals surface area (Å²) in [5, 5.41) is 7.23. The Balaban J connectivity index is 1.73. The number of hydrogen-bond acceptors (Lipinski definition) is 3. The van der Waals surface area contributed by atoms with Gasteiger partial charge in [-0.05, 0) is 36.9 Å². The third kappa shape index (κ3) is 2.29. The van der Waals surface area contributed by atoms with E-state index in [1.54, 1.807) is 10.7 Å². The van der Waals surface area contributed by atoms with Crippen molar-refractivity contribution in [1.29, 1.82) is 0 Å². The number of fused-ring (bicyclic) bond motifs is 1. The van der Waals surface area contributed by atoms with E-state index in [2.05, 4.69) is 10.4 Å². The van der Waals surface area contributed by atoms with Gasteiger partial charge in [-0.25, -0.2) is 4.52 Å². The fraction of sp³-hybridized carbons (Fsp3) is 0.467. The van der Waals surface area contributed by atoms with Gasteiger partial charge in [0.1, 0.15) is 0 Å². The van der Waals surface area contributed by atoms with E-state index in [1.807, 2.05) is 24.4 Å². The van der Waals surface area contributed by atoms with Gasteiger partial charge in [0.25, 0.3) is 5.91 Å². The number of hydrogen-bond donors (Lipinski definition) is 2. The van der Waals surface area contributed by atoms with E-state index in [-0.39, 0.29) is 11.3 Å². The van der Waals surface area contributed by atoms with Gasteiger partial charge in [0.15, 0.2) is 0 Å². The van der Waals surface area contributed by atoms with Crippen molar-refractivity contribution in [3.8, 4) is 0 Å². The van der Waals surface area contributed by atoms with Gasteiger partial charge in [-0.3, -0.25) is 4.79 Å². The van der Waals surface area contributed by atoms with Gasteiger partial charge in [-0.15, -0.1) is 0 Å². The Morgan fingerprint density at radius 2 is 2.20 bits per heavy atom. The molecule has 0 saturated heterocycles. The van der Waals surface area contributed by atoms with Gasteiger partial charge < -0.3 is 11.1 Å². The number of nitrogens with zero attached hydrogens (tertiary/aromatic N) is 2. The van der Waals surface area contributed by atoms with Gasteiger partial charge in [0.2, 0.25) is 0 Å². The summed E-state index contributed by atoms with van der Waals surface area (Å²) in [6.07, 6.45) is 8.10. The monoisotopic (exact) mass is 272 g/mol. The number of aromatic nitrogens is 2. The summed E-state index contributed by atoms with van der Waals surface area (Å²) in [4.78, 5) is 12.3. The van der Waals surface area contributed by atoms with Crippen LogP contribution in [-0.4, -0.2) is 28.6 Å². The van der Waals surface area contributed by atoms with Crippen LogP contribution < -0.4 is 11.1 Å². The Kier molecular flexibility index (Phi) is 3.44. The predicted octanol–water partition coefficient (Wildman–Crippen LogP) is 1.58. The quantitative estimate of drug-likeness (QED) is 0.887. The van der Waals surface area contributed by atoms with E-state index in [1.165, 1.54) is 12.8 Å². The predicted molar refractivity (Wildman–Crippen MR) is 77.5 cm³/mol. The molecule has 1 aliphatic carbocycles. The van der Waals surface area contributed by atoms with Crippen LogP contribution in [0, 0.1) is 5.41 Å². The Morgan fingerprint density at radius 1 is 1.40 bits per heavy atom. The van der Waals surface area contributed by atoms with Gasteiger partial charge in [0.05, 0.1) is 17.3 Å². The highest BCUT2D eigenvalue weighted by Crippen LogP contribution is 2.36. The number of carbonyl (C=O) groups excluding carboxylic acids is 1. The third-order valence-electron chi connectivity index (χ3n) is 4.39. The zero-order chi connectivity index (χ0) is 14.0. The first-order chi connectivity index (χ1) is 9.74. The fourth-order valence-corrected chi connectivity index (χ4v) is 3.05. The molecule has 5 heteroatoms. The van der Waals surface area contributed by atoms with E-state index >= 15 is 0 Å². The van der Waals surface area contributed by atoms with Crippen molar-refractivity contribution in [2.24, 2.45) is 11.1 Å². The first kappa shape index (κ1) is 13.1. The molecule has 1 amide bonds. The summed E-state index contributed by atoms with van der Waals surface area (Å²) in [7, 11) is 0. The summed E-state index contributed by atoms with van der Waals surface area (Å²) >= 11 is 0. The molecule has 0 radical (unpaired) electrons. The van der Waals surface area contributed by atoms with Gasteiger partial charge >= 0.3 is 0 Å². The molecule has 106 valence electrons. The Morgan fingerprint density at radius 3 is 2.95 bits per heavy atom. The molecule has 0 bridgehead atoms. The standard InChI is InChI=1S/C15H20N4O/c16-10-15(6-2-3-7-15)11-17-14(20)12-9-18-19-8-4-1-5-13(12)19/h1,4-5,8-9H,2-3,6-7,10-11,16H2,(H,17,20). The van der Waals surface area contributed by atoms with Crippen LogP contribution in [0.4, 0.5) is 0 Å². The summed E-state index contributed by atoms with van der Waals surface area (Å²) < 4.78 is 1.71. The fourth-order valence-electron chi connectivity index (χ4n) is 3.05. The number of nitrogens with one attached hydrogen (secondary N) is 1. The van der Waals surface area contributed by atoms with Crippen LogP contribution >= 0.6 is 0 Å². The molecular weight excluding hydrogens is 252 g/mol. The molecule has 1 aliphatic rings. The molecule has 0 aliphatic heterocycles. The van der Waals surface area contributed by atoms with Crippen LogP contribution in [0.3, 0.4) is 0 Å². The van der Waals surface area contributed by atoms with Crippen molar-refractivity contribution < 1.29 is 4.79 Å². The number of rotatable bonds is 4. The van der Waals surface area contributed by atoms with Crippen molar-refractivity contribution in [2.45, 2.75) is 25.7 Å². The minimum absolute atomic E-state index is 0.0640. The van der Waals surface area contributed by atoms with E-state index in [4.69, 9.17) is 5.73 Å². The Hall–Kier alpha value is -1.88. The van der Waals surface area contributed by atoms with Gasteiger partial charge in [-0.2, -0.15) is 5.10 Å². The molecule has 2 aromatic rings. The lowest BCUT2D eigenvalue weighted by molar-refractivity contribution is 0.0934. The molecule has 3 N–H and O–H groups in total. The zero-order valence-corrected chi connectivity index (χ0v) is 11.5. The maximum Gasteiger partial charge on any atom is 0.255 e. The van der Waals surface area contributed by atoms with E-state index in [0.29, 0.717) is 18.7 Å². The highest BCUT2D eigenvalue weighted by molar-refractivity contribution is 6.00. The summed E-state index contributed by atoms with van der Waals surface area (Å²) in [5.74, 6) is -0.0640. The maximum atomic E-state index is 12.3. The molecule has 5 nitrogen and oxygen atoms in total. The average molecular weight is 272 g/mol. The third-order valence-corrected chi connectivity index (χ3v) is 4.39. The second-order valence-corrected chi connectivity index (χ2v) is 5.68. The lowest BCUT2D eigenvalue weighted by Crippen LogP contribution is -2.40. The second kappa shape index (κ2) is 5.25. The molecule has 3 rings (SSSR count). The molecule has 0 unspecified atom stereocenters. The van der Waals surface area contributed by atoms with Crippen LogP contribution in [0.5, 0.6) is 0 Å². The van der Waals surface area contributed by atoms with E-state index < -0.39 is 0 Å². The molecule has 1 fully saturated rings. The minimum atomic E-state index is -0.0640. The smallest absolute Gasteiger partial charge is 0.255 e. The van der Waals surface area contributed by atoms with Crippen LogP contribution in [0.2, 0.25) is 0 Å². The molecule has 0 aromatic carbocycles. The average Bonchev–Trinajstić information content (AvgIpc) is 3.12. The topological polar surface area (TPSA) is 72.4 Å². The minimum Gasteiger partial charge on any atom is -0.351 e. The molecule has 0 atom stereocenters. The van der Waals surface area contributed by atoms with Crippen molar-refractivity contribution in [1.82, 2.24) is 14.9 Å². The Labute approximate surface area is 118 Å². The first-order valence-electron chi connectivity index (χ1n) is 7.15. The lowest BCUT2D eigenvalue weighted by atomic mass is 9.86. The zero-order valence-electron chi connectivity index (χ0n) is 11.5. The summed E-state index contributed by atoms with van der Waals surface area (Å²) in [6.45, 7) is 1.30. The van der Waals surface area contributed by atoms with Gasteiger partial charge in [-0.1, -0.05) is 18.9 Å². The molecule has 0 spiro atoms. The summed E-state index contributed by atoms with van der Waals surface area (Å²) in [6, 6.07) is 5.70. The summed E-state index contributed by atoms with van der Waals surface area (Å²) in [5.41, 5.74) is 7.45. The molecular formula is C15H20N4O. The van der Waals surface area contributed by atoms with Gasteiger partial charge in [0, 0.05) is 12.7 Å². The maximum absolute atomic E-state index is 12.3. The number of nitrogens with two attached hydrogens (primary N) is 1. The molecule has 2 aromatic heterocycles.